The van der Waals surface area contributed by atoms with E-state index in [1.54, 1.807) is 0 Å². The third-order valence-corrected chi connectivity index (χ3v) is 2.68. The number of carbonyl (C=O) groups excluding carboxylic acids is 2. The topological polar surface area (TPSA) is 128 Å². The number of aliphatic hydroxyl groups is 3. The van der Waals surface area contributed by atoms with Crippen LogP contribution in [0.15, 0.2) is 0 Å². The molecule has 1 aliphatic rings. The van der Waals surface area contributed by atoms with Crippen LogP contribution in [0.4, 0.5) is 0 Å². The molecule has 18 heavy (non-hydrogen) atoms. The smallest absolute Gasteiger partial charge is 0.217 e. The molecule has 1 rings (SSSR count). The highest BCUT2D eigenvalue weighted by Crippen LogP contribution is 2.19. The summed E-state index contributed by atoms with van der Waals surface area (Å²) in [6.45, 7) is 1.97. The molecule has 8 nitrogen and oxygen atoms in total. The standard InChI is InChI=1S/C10H18N2O6/c1-4(14)11-7-8(12-5(2)15)10(17)18-6(3-13)9(7)16/h6-10,13,16-17H,3H2,1-2H3,(H,11,14)(H,12,15)/t6-,7+,8-,9+,10-/m1/s1. The van der Waals surface area contributed by atoms with Gasteiger partial charge in [-0.3, -0.25) is 9.59 Å². The highest BCUT2D eigenvalue weighted by atomic mass is 16.6. The Labute approximate surface area is 104 Å². The number of amides is 2. The van der Waals surface area contributed by atoms with Crippen molar-refractivity contribution in [2.24, 2.45) is 0 Å². The molecular formula is C10H18N2O6. The maximum absolute atomic E-state index is 11.1. The molecule has 0 radical (unpaired) electrons. The van der Waals surface area contributed by atoms with Crippen LogP contribution in [-0.4, -0.2) is 64.3 Å². The normalized spacial score (nSPS) is 35.9. The quantitative estimate of drug-likeness (QED) is 0.370. The van der Waals surface area contributed by atoms with E-state index < -0.39 is 49.0 Å². The molecule has 8 heteroatoms. The first-order valence-corrected chi connectivity index (χ1v) is 5.53. The fraction of sp³-hybridized carbons (Fsp3) is 0.800. The summed E-state index contributed by atoms with van der Waals surface area (Å²) in [4.78, 5) is 22.1. The van der Waals surface area contributed by atoms with Crippen LogP contribution in [0.1, 0.15) is 13.8 Å². The number of hydrogen-bond acceptors (Lipinski definition) is 6. The molecule has 0 aromatic rings. The average molecular weight is 262 g/mol. The Kier molecular flexibility index (Phi) is 5.03. The van der Waals surface area contributed by atoms with Crippen LogP contribution in [0.5, 0.6) is 0 Å². The first-order chi connectivity index (χ1) is 8.36. The molecule has 0 bridgehead atoms. The summed E-state index contributed by atoms with van der Waals surface area (Å²) in [7, 11) is 0. The monoisotopic (exact) mass is 262 g/mol. The van der Waals surface area contributed by atoms with Crippen LogP contribution in [0.3, 0.4) is 0 Å². The summed E-state index contributed by atoms with van der Waals surface area (Å²) in [5.74, 6) is -0.868. The number of carbonyl (C=O) groups is 2. The van der Waals surface area contributed by atoms with Crippen molar-refractivity contribution in [2.45, 2.75) is 44.4 Å². The minimum absolute atomic E-state index is 0.430. The lowest BCUT2D eigenvalue weighted by molar-refractivity contribution is -0.230. The minimum Gasteiger partial charge on any atom is -0.394 e. The molecule has 0 aliphatic carbocycles. The van der Waals surface area contributed by atoms with Crippen LogP contribution >= 0.6 is 0 Å². The fourth-order valence-corrected chi connectivity index (χ4v) is 1.92. The van der Waals surface area contributed by atoms with Crippen molar-refractivity contribution in [3.05, 3.63) is 0 Å². The molecule has 1 saturated heterocycles. The molecule has 0 saturated carbocycles. The van der Waals surface area contributed by atoms with Gasteiger partial charge in [0.05, 0.1) is 12.6 Å². The molecule has 0 aromatic carbocycles. The van der Waals surface area contributed by atoms with Crippen molar-refractivity contribution in [3.63, 3.8) is 0 Å². The molecular weight excluding hydrogens is 244 g/mol. The Morgan fingerprint density at radius 1 is 1.11 bits per heavy atom. The van der Waals surface area contributed by atoms with Crippen molar-refractivity contribution in [2.75, 3.05) is 6.61 Å². The van der Waals surface area contributed by atoms with Crippen molar-refractivity contribution in [3.8, 4) is 0 Å². The molecule has 0 spiro atoms. The van der Waals surface area contributed by atoms with Crippen LogP contribution in [0.25, 0.3) is 0 Å². The summed E-state index contributed by atoms with van der Waals surface area (Å²) in [6, 6.07) is -1.92. The number of ether oxygens (including phenoxy) is 1. The van der Waals surface area contributed by atoms with Gasteiger partial charge in [0.25, 0.3) is 0 Å². The zero-order valence-corrected chi connectivity index (χ0v) is 10.2. The summed E-state index contributed by atoms with van der Waals surface area (Å²) in [5, 5.41) is 33.4. The first kappa shape index (κ1) is 14.8. The summed E-state index contributed by atoms with van der Waals surface area (Å²) in [5.41, 5.74) is 0. The lowest BCUT2D eigenvalue weighted by Crippen LogP contribution is -2.68. The van der Waals surface area contributed by atoms with Crippen LogP contribution < -0.4 is 10.6 Å². The second kappa shape index (κ2) is 6.10. The first-order valence-electron chi connectivity index (χ1n) is 5.53. The third-order valence-electron chi connectivity index (χ3n) is 2.68. The van der Waals surface area contributed by atoms with E-state index in [-0.39, 0.29) is 0 Å². The molecule has 104 valence electrons. The predicted molar refractivity (Wildman–Crippen MR) is 59.2 cm³/mol. The molecule has 5 atom stereocenters. The predicted octanol–water partition coefficient (Wildman–Crippen LogP) is -2.93. The van der Waals surface area contributed by atoms with E-state index in [0.717, 1.165) is 0 Å². The van der Waals surface area contributed by atoms with Gasteiger partial charge in [-0.25, -0.2) is 0 Å². The lowest BCUT2D eigenvalue weighted by atomic mass is 9.94. The van der Waals surface area contributed by atoms with Gasteiger partial charge in [0.2, 0.25) is 11.8 Å². The van der Waals surface area contributed by atoms with Crippen LogP contribution in [0.2, 0.25) is 0 Å². The SMILES string of the molecule is CC(=O)N[C@@H]1[C@@H](O)[C@@H](CO)O[C@@H](O)[C@@H]1NC(C)=O. The van der Waals surface area contributed by atoms with Gasteiger partial charge in [0.15, 0.2) is 6.29 Å². The van der Waals surface area contributed by atoms with Gasteiger partial charge in [-0.05, 0) is 0 Å². The molecule has 1 heterocycles. The van der Waals surface area contributed by atoms with E-state index in [1.807, 2.05) is 0 Å². The summed E-state index contributed by atoms with van der Waals surface area (Å²) in [6.07, 6.45) is -3.69. The van der Waals surface area contributed by atoms with Gasteiger partial charge in [-0.1, -0.05) is 0 Å². The van der Waals surface area contributed by atoms with E-state index in [9.17, 15) is 19.8 Å². The highest BCUT2D eigenvalue weighted by molar-refractivity contribution is 5.75. The summed E-state index contributed by atoms with van der Waals surface area (Å²) < 4.78 is 4.96. The van der Waals surface area contributed by atoms with E-state index in [2.05, 4.69) is 10.6 Å². The average Bonchev–Trinajstić information content (AvgIpc) is 2.27. The van der Waals surface area contributed by atoms with Crippen molar-refractivity contribution < 1.29 is 29.6 Å². The molecule has 0 unspecified atom stereocenters. The van der Waals surface area contributed by atoms with Gasteiger partial charge in [-0.2, -0.15) is 0 Å². The maximum atomic E-state index is 11.1. The van der Waals surface area contributed by atoms with Crippen LogP contribution in [0, 0.1) is 0 Å². The van der Waals surface area contributed by atoms with Gasteiger partial charge in [0, 0.05) is 13.8 Å². The highest BCUT2D eigenvalue weighted by Gasteiger charge is 2.45. The second-order valence-corrected chi connectivity index (χ2v) is 4.19. The molecule has 5 N–H and O–H groups in total. The Balaban J connectivity index is 2.89. The molecule has 1 fully saturated rings. The second-order valence-electron chi connectivity index (χ2n) is 4.19. The summed E-state index contributed by atoms with van der Waals surface area (Å²) >= 11 is 0. The zero-order valence-electron chi connectivity index (χ0n) is 10.2. The number of aliphatic hydroxyl groups excluding tert-OH is 3. The largest absolute Gasteiger partial charge is 0.394 e. The molecule has 1 aliphatic heterocycles. The van der Waals surface area contributed by atoms with Crippen molar-refractivity contribution >= 4 is 11.8 Å². The zero-order chi connectivity index (χ0) is 13.9. The third kappa shape index (κ3) is 3.39. The van der Waals surface area contributed by atoms with Gasteiger partial charge in [-0.15, -0.1) is 0 Å². The minimum atomic E-state index is -1.42. The molecule has 2 amide bonds. The molecule has 0 aromatic heterocycles. The van der Waals surface area contributed by atoms with E-state index in [4.69, 9.17) is 9.84 Å². The van der Waals surface area contributed by atoms with E-state index >= 15 is 0 Å². The fourth-order valence-electron chi connectivity index (χ4n) is 1.92. The van der Waals surface area contributed by atoms with Gasteiger partial charge in [0.1, 0.15) is 18.2 Å². The Morgan fingerprint density at radius 3 is 2.06 bits per heavy atom. The van der Waals surface area contributed by atoms with Gasteiger partial charge >= 0.3 is 0 Å². The Hall–Kier alpha value is -1.22. The van der Waals surface area contributed by atoms with Gasteiger partial charge < -0.3 is 30.7 Å². The van der Waals surface area contributed by atoms with E-state index in [0.29, 0.717) is 0 Å². The number of nitrogens with one attached hydrogen (secondary N) is 2. The maximum Gasteiger partial charge on any atom is 0.217 e. The Bertz CT molecular complexity index is 323. The van der Waals surface area contributed by atoms with Crippen molar-refractivity contribution in [1.29, 1.82) is 0 Å². The lowest BCUT2D eigenvalue weighted by Gasteiger charge is -2.42. The van der Waals surface area contributed by atoms with E-state index in [1.165, 1.54) is 13.8 Å². The number of rotatable bonds is 3. The Morgan fingerprint density at radius 2 is 1.61 bits per heavy atom. The van der Waals surface area contributed by atoms with Crippen LogP contribution in [-0.2, 0) is 14.3 Å². The van der Waals surface area contributed by atoms with Crippen molar-refractivity contribution in [1.82, 2.24) is 10.6 Å². The number of hydrogen-bond donors (Lipinski definition) is 5.